The van der Waals surface area contributed by atoms with Crippen molar-refractivity contribution in [3.05, 3.63) is 28.8 Å². The van der Waals surface area contributed by atoms with Crippen LogP contribution in [0.2, 0.25) is 0 Å². The van der Waals surface area contributed by atoms with E-state index in [-0.39, 0.29) is 5.78 Å². The standard InChI is InChI=1S/C11H15NO/c1-7-5-8(2)11(9(3)13)10(6-7)12-4/h5-6,12H,1-4H3. The molecule has 0 fully saturated rings. The molecule has 0 atom stereocenters. The predicted molar refractivity (Wildman–Crippen MR) is 55.5 cm³/mol. The summed E-state index contributed by atoms with van der Waals surface area (Å²) in [5, 5.41) is 3.04. The average Bonchev–Trinajstić information content (AvgIpc) is 2.01. The summed E-state index contributed by atoms with van der Waals surface area (Å²) in [5.74, 6) is 0.113. The number of Topliss-reactive ketones (excluding diaryl/α,β-unsaturated/α-hetero) is 1. The fraction of sp³-hybridized carbons (Fsp3) is 0.364. The van der Waals surface area contributed by atoms with E-state index in [1.807, 2.05) is 33.0 Å². The fourth-order valence-electron chi connectivity index (χ4n) is 1.63. The van der Waals surface area contributed by atoms with Gasteiger partial charge in [0.2, 0.25) is 0 Å². The molecule has 0 aromatic heterocycles. The quantitative estimate of drug-likeness (QED) is 0.703. The number of aryl methyl sites for hydroxylation is 2. The van der Waals surface area contributed by atoms with E-state index in [4.69, 9.17) is 0 Å². The molecule has 0 unspecified atom stereocenters. The Morgan fingerprint density at radius 2 is 1.92 bits per heavy atom. The topological polar surface area (TPSA) is 29.1 Å². The lowest BCUT2D eigenvalue weighted by Gasteiger charge is -2.10. The minimum absolute atomic E-state index is 0.113. The van der Waals surface area contributed by atoms with Crippen molar-refractivity contribution in [2.24, 2.45) is 0 Å². The molecule has 1 aromatic rings. The maximum atomic E-state index is 11.3. The van der Waals surface area contributed by atoms with Gasteiger partial charge in [-0.25, -0.2) is 0 Å². The Labute approximate surface area is 79.0 Å². The van der Waals surface area contributed by atoms with E-state index in [1.54, 1.807) is 6.92 Å². The van der Waals surface area contributed by atoms with Crippen molar-refractivity contribution in [1.29, 1.82) is 0 Å². The molecule has 0 saturated carbocycles. The molecule has 1 rings (SSSR count). The van der Waals surface area contributed by atoms with Gasteiger partial charge in [-0.1, -0.05) is 6.07 Å². The van der Waals surface area contributed by atoms with Gasteiger partial charge in [-0.3, -0.25) is 4.79 Å². The highest BCUT2D eigenvalue weighted by atomic mass is 16.1. The van der Waals surface area contributed by atoms with Crippen LogP contribution < -0.4 is 5.32 Å². The summed E-state index contributed by atoms with van der Waals surface area (Å²) in [6.45, 7) is 5.58. The van der Waals surface area contributed by atoms with Crippen LogP contribution in [0.25, 0.3) is 0 Å². The highest BCUT2D eigenvalue weighted by Gasteiger charge is 2.09. The van der Waals surface area contributed by atoms with Gasteiger partial charge in [0.1, 0.15) is 0 Å². The summed E-state index contributed by atoms with van der Waals surface area (Å²) in [6, 6.07) is 4.02. The molecule has 0 aliphatic carbocycles. The number of carbonyl (C=O) groups is 1. The molecule has 1 N–H and O–H groups in total. The Bertz CT molecular complexity index is 342. The number of anilines is 1. The highest BCUT2D eigenvalue weighted by molar-refractivity contribution is 6.01. The molecular formula is C11H15NO. The first-order valence-corrected chi connectivity index (χ1v) is 4.36. The van der Waals surface area contributed by atoms with Crippen molar-refractivity contribution in [1.82, 2.24) is 0 Å². The van der Waals surface area contributed by atoms with Crippen LogP contribution in [0.15, 0.2) is 12.1 Å². The SMILES string of the molecule is CNc1cc(C)cc(C)c1C(C)=O. The van der Waals surface area contributed by atoms with Gasteiger partial charge in [0, 0.05) is 18.3 Å². The van der Waals surface area contributed by atoms with Crippen LogP contribution in [0.4, 0.5) is 5.69 Å². The molecule has 2 heteroatoms. The lowest BCUT2D eigenvalue weighted by atomic mass is 10.0. The van der Waals surface area contributed by atoms with Crippen molar-refractivity contribution in [3.8, 4) is 0 Å². The molecule has 0 aliphatic rings. The second kappa shape index (κ2) is 3.60. The summed E-state index contributed by atoms with van der Waals surface area (Å²) < 4.78 is 0. The minimum atomic E-state index is 0.113. The van der Waals surface area contributed by atoms with Crippen molar-refractivity contribution >= 4 is 11.5 Å². The van der Waals surface area contributed by atoms with Gasteiger partial charge in [-0.15, -0.1) is 0 Å². The molecule has 1 aromatic carbocycles. The molecule has 0 radical (unpaired) electrons. The van der Waals surface area contributed by atoms with E-state index in [2.05, 4.69) is 5.32 Å². The highest BCUT2D eigenvalue weighted by Crippen LogP contribution is 2.21. The second-order valence-corrected chi connectivity index (χ2v) is 3.31. The van der Waals surface area contributed by atoms with E-state index in [1.165, 1.54) is 5.56 Å². The van der Waals surface area contributed by atoms with Gasteiger partial charge in [-0.05, 0) is 38.0 Å². The largest absolute Gasteiger partial charge is 0.388 e. The third-order valence-electron chi connectivity index (χ3n) is 2.10. The summed E-state index contributed by atoms with van der Waals surface area (Å²) in [6.07, 6.45) is 0. The van der Waals surface area contributed by atoms with Gasteiger partial charge in [0.05, 0.1) is 0 Å². The molecule has 70 valence electrons. The number of hydrogen-bond acceptors (Lipinski definition) is 2. The van der Waals surface area contributed by atoms with Crippen LogP contribution in [-0.4, -0.2) is 12.8 Å². The molecule has 0 spiro atoms. The summed E-state index contributed by atoms with van der Waals surface area (Å²) >= 11 is 0. The maximum Gasteiger partial charge on any atom is 0.162 e. The van der Waals surface area contributed by atoms with Crippen molar-refractivity contribution < 1.29 is 4.79 Å². The number of ketones is 1. The summed E-state index contributed by atoms with van der Waals surface area (Å²) in [5.41, 5.74) is 3.93. The second-order valence-electron chi connectivity index (χ2n) is 3.31. The molecule has 0 saturated heterocycles. The van der Waals surface area contributed by atoms with Crippen LogP contribution >= 0.6 is 0 Å². The van der Waals surface area contributed by atoms with E-state index in [0.29, 0.717) is 0 Å². The van der Waals surface area contributed by atoms with Crippen molar-refractivity contribution in [3.63, 3.8) is 0 Å². The zero-order valence-electron chi connectivity index (χ0n) is 8.56. The molecule has 13 heavy (non-hydrogen) atoms. The van der Waals surface area contributed by atoms with Crippen molar-refractivity contribution in [2.45, 2.75) is 20.8 Å². The molecule has 0 aliphatic heterocycles. The number of hydrogen-bond donors (Lipinski definition) is 1. The Morgan fingerprint density at radius 3 is 2.38 bits per heavy atom. The first-order chi connectivity index (χ1) is 6.06. The first kappa shape index (κ1) is 9.78. The Kier molecular flexibility index (Phi) is 2.71. The molecule has 0 heterocycles. The lowest BCUT2D eigenvalue weighted by Crippen LogP contribution is -2.03. The van der Waals surface area contributed by atoms with Crippen LogP contribution in [0.5, 0.6) is 0 Å². The summed E-state index contributed by atoms with van der Waals surface area (Å²) in [4.78, 5) is 11.3. The van der Waals surface area contributed by atoms with E-state index < -0.39 is 0 Å². The number of carbonyl (C=O) groups excluding carboxylic acids is 1. The van der Waals surface area contributed by atoms with Gasteiger partial charge < -0.3 is 5.32 Å². The van der Waals surface area contributed by atoms with Crippen LogP contribution in [0.3, 0.4) is 0 Å². The van der Waals surface area contributed by atoms with Crippen LogP contribution in [0.1, 0.15) is 28.4 Å². The lowest BCUT2D eigenvalue weighted by molar-refractivity contribution is 0.101. The molecular weight excluding hydrogens is 162 g/mol. The Hall–Kier alpha value is -1.31. The third kappa shape index (κ3) is 1.89. The number of nitrogens with one attached hydrogen (secondary N) is 1. The minimum Gasteiger partial charge on any atom is -0.388 e. The zero-order chi connectivity index (χ0) is 10.0. The number of benzene rings is 1. The smallest absolute Gasteiger partial charge is 0.162 e. The zero-order valence-corrected chi connectivity index (χ0v) is 8.56. The molecule has 0 bridgehead atoms. The van der Waals surface area contributed by atoms with Gasteiger partial charge in [-0.2, -0.15) is 0 Å². The Balaban J connectivity index is 3.38. The average molecular weight is 177 g/mol. The van der Waals surface area contributed by atoms with E-state index >= 15 is 0 Å². The monoisotopic (exact) mass is 177 g/mol. The fourth-order valence-corrected chi connectivity index (χ4v) is 1.63. The van der Waals surface area contributed by atoms with E-state index in [9.17, 15) is 4.79 Å². The predicted octanol–water partition coefficient (Wildman–Crippen LogP) is 2.55. The van der Waals surface area contributed by atoms with Gasteiger partial charge >= 0.3 is 0 Å². The van der Waals surface area contributed by atoms with Gasteiger partial charge in [0.15, 0.2) is 5.78 Å². The molecule has 0 amide bonds. The van der Waals surface area contributed by atoms with Crippen LogP contribution in [-0.2, 0) is 0 Å². The normalized spacial score (nSPS) is 9.85. The number of rotatable bonds is 2. The summed E-state index contributed by atoms with van der Waals surface area (Å²) in [7, 11) is 1.83. The Morgan fingerprint density at radius 1 is 1.31 bits per heavy atom. The van der Waals surface area contributed by atoms with Gasteiger partial charge in [0.25, 0.3) is 0 Å². The molecule has 2 nitrogen and oxygen atoms in total. The third-order valence-corrected chi connectivity index (χ3v) is 2.10. The van der Waals surface area contributed by atoms with E-state index in [0.717, 1.165) is 16.8 Å². The van der Waals surface area contributed by atoms with Crippen LogP contribution in [0, 0.1) is 13.8 Å². The first-order valence-electron chi connectivity index (χ1n) is 4.36. The van der Waals surface area contributed by atoms with Crippen molar-refractivity contribution in [2.75, 3.05) is 12.4 Å². The maximum absolute atomic E-state index is 11.3.